The molecular formula is C25H28N2O5. The molecule has 1 saturated heterocycles. The van der Waals surface area contributed by atoms with Crippen molar-refractivity contribution in [2.24, 2.45) is 0 Å². The van der Waals surface area contributed by atoms with Gasteiger partial charge in [-0.3, -0.25) is 9.59 Å². The van der Waals surface area contributed by atoms with Crippen molar-refractivity contribution in [1.29, 1.82) is 0 Å². The van der Waals surface area contributed by atoms with E-state index in [1.807, 2.05) is 56.3 Å². The summed E-state index contributed by atoms with van der Waals surface area (Å²) in [6.07, 6.45) is 0.797. The van der Waals surface area contributed by atoms with Crippen molar-refractivity contribution >= 4 is 23.1 Å². The Labute approximate surface area is 187 Å². The van der Waals surface area contributed by atoms with Gasteiger partial charge in [-0.25, -0.2) is 0 Å². The summed E-state index contributed by atoms with van der Waals surface area (Å²) in [5.41, 5.74) is 3.32. The fourth-order valence-corrected chi connectivity index (χ4v) is 4.33. The van der Waals surface area contributed by atoms with Crippen molar-refractivity contribution in [2.45, 2.75) is 25.5 Å². The lowest BCUT2D eigenvalue weighted by Gasteiger charge is -2.25. The molecule has 1 fully saturated rings. The molecule has 2 heterocycles. The van der Waals surface area contributed by atoms with Gasteiger partial charge in [-0.15, -0.1) is 0 Å². The van der Waals surface area contributed by atoms with Gasteiger partial charge in [0.25, 0.3) is 11.7 Å². The minimum Gasteiger partial charge on any atom is -0.507 e. The number of ether oxygens (including phenoxy) is 2. The number of hydrogen-bond acceptors (Lipinski definition) is 6. The van der Waals surface area contributed by atoms with Gasteiger partial charge in [0.2, 0.25) is 0 Å². The van der Waals surface area contributed by atoms with E-state index in [0.717, 1.165) is 29.0 Å². The maximum Gasteiger partial charge on any atom is 0.295 e. The Morgan fingerprint density at radius 3 is 2.56 bits per heavy atom. The molecule has 7 nitrogen and oxygen atoms in total. The Hall–Kier alpha value is -3.32. The minimum absolute atomic E-state index is 0.0669. The smallest absolute Gasteiger partial charge is 0.295 e. The van der Waals surface area contributed by atoms with E-state index >= 15 is 0 Å². The molecule has 7 heteroatoms. The van der Waals surface area contributed by atoms with Crippen molar-refractivity contribution in [3.8, 4) is 5.75 Å². The third kappa shape index (κ3) is 3.84. The largest absolute Gasteiger partial charge is 0.507 e. The first-order valence-corrected chi connectivity index (χ1v) is 10.7. The van der Waals surface area contributed by atoms with E-state index < -0.39 is 17.7 Å². The maximum atomic E-state index is 13.1. The summed E-state index contributed by atoms with van der Waals surface area (Å²) in [7, 11) is 5.43. The predicted molar refractivity (Wildman–Crippen MR) is 122 cm³/mol. The number of aliphatic hydroxyl groups excluding tert-OH is 1. The fraction of sp³-hybridized carbons (Fsp3) is 0.360. The molecular weight excluding hydrogens is 408 g/mol. The number of Topliss-reactive ketones (excluding diaryl/α,β-unsaturated/α-hetero) is 1. The first-order chi connectivity index (χ1) is 15.3. The summed E-state index contributed by atoms with van der Waals surface area (Å²) in [6.45, 7) is 2.51. The standard InChI is InChI=1S/C25H28N2O5/c1-15-13-18-14-17(7-10-20(18)32-15)23(28)21-22(16-5-8-19(9-6-16)26(2)3)27(11-12-31-4)25(30)24(21)29/h5-10,14-15,22,28H,11-13H2,1-4H3/t15-,22-/m1/s1. The fourth-order valence-electron chi connectivity index (χ4n) is 4.33. The van der Waals surface area contributed by atoms with Gasteiger partial charge >= 0.3 is 0 Å². The molecule has 2 aromatic carbocycles. The highest BCUT2D eigenvalue weighted by Crippen LogP contribution is 2.40. The summed E-state index contributed by atoms with van der Waals surface area (Å²) in [4.78, 5) is 29.4. The van der Waals surface area contributed by atoms with Crippen LogP contribution in [-0.2, 0) is 20.7 Å². The van der Waals surface area contributed by atoms with Gasteiger partial charge in [0.15, 0.2) is 0 Å². The molecule has 0 bridgehead atoms. The molecule has 2 aromatic rings. The summed E-state index contributed by atoms with van der Waals surface area (Å²) in [6, 6.07) is 12.3. The summed E-state index contributed by atoms with van der Waals surface area (Å²) in [5.74, 6) is -0.716. The highest BCUT2D eigenvalue weighted by molar-refractivity contribution is 6.46. The molecule has 0 saturated carbocycles. The second-order valence-electron chi connectivity index (χ2n) is 8.43. The highest BCUT2D eigenvalue weighted by atomic mass is 16.5. The van der Waals surface area contributed by atoms with Crippen LogP contribution in [-0.4, -0.2) is 62.2 Å². The van der Waals surface area contributed by atoms with Crippen molar-refractivity contribution in [3.63, 3.8) is 0 Å². The number of nitrogens with zero attached hydrogens (tertiary/aromatic N) is 2. The lowest BCUT2D eigenvalue weighted by molar-refractivity contribution is -0.140. The maximum absolute atomic E-state index is 13.1. The SMILES string of the molecule is COCCN1C(=O)C(=O)C(=C(O)c2ccc3c(c2)C[C@@H](C)O3)[C@H]1c1ccc(N(C)C)cc1. The number of likely N-dealkylation sites (tertiary alicyclic amines) is 1. The van der Waals surface area contributed by atoms with Crippen LogP contribution >= 0.6 is 0 Å². The highest BCUT2D eigenvalue weighted by Gasteiger charge is 2.46. The van der Waals surface area contributed by atoms with Gasteiger partial charge in [0.1, 0.15) is 17.6 Å². The molecule has 2 aliphatic heterocycles. The van der Waals surface area contributed by atoms with Crippen LogP contribution in [0.5, 0.6) is 5.75 Å². The molecule has 0 unspecified atom stereocenters. The normalized spacial score (nSPS) is 21.6. The molecule has 2 atom stereocenters. The Balaban J connectivity index is 1.81. The molecule has 0 radical (unpaired) electrons. The molecule has 168 valence electrons. The van der Waals surface area contributed by atoms with Crippen LogP contribution in [0, 0.1) is 0 Å². The molecule has 32 heavy (non-hydrogen) atoms. The van der Waals surface area contributed by atoms with Crippen molar-refractivity contribution in [3.05, 3.63) is 64.7 Å². The number of amides is 1. The number of rotatable bonds is 6. The number of fused-ring (bicyclic) bond motifs is 1. The second kappa shape index (κ2) is 8.67. The van der Waals surface area contributed by atoms with Crippen LogP contribution in [0.3, 0.4) is 0 Å². The van der Waals surface area contributed by atoms with E-state index in [0.29, 0.717) is 5.56 Å². The number of anilines is 1. The third-order valence-electron chi connectivity index (χ3n) is 5.97. The van der Waals surface area contributed by atoms with E-state index in [4.69, 9.17) is 9.47 Å². The molecule has 1 amide bonds. The Kier molecular flexibility index (Phi) is 5.93. The van der Waals surface area contributed by atoms with Gasteiger partial charge in [0.05, 0.1) is 18.2 Å². The molecule has 2 aliphatic rings. The first kappa shape index (κ1) is 21.9. The zero-order valence-electron chi connectivity index (χ0n) is 18.8. The monoisotopic (exact) mass is 436 g/mol. The minimum atomic E-state index is -0.690. The van der Waals surface area contributed by atoms with Crippen LogP contribution in [0.25, 0.3) is 5.76 Å². The van der Waals surface area contributed by atoms with Crippen molar-refractivity contribution < 1.29 is 24.2 Å². The summed E-state index contributed by atoms with van der Waals surface area (Å²) >= 11 is 0. The Bertz CT molecular complexity index is 1070. The number of carbonyl (C=O) groups excluding carboxylic acids is 2. The Morgan fingerprint density at radius 1 is 1.19 bits per heavy atom. The van der Waals surface area contributed by atoms with Gasteiger partial charge in [-0.2, -0.15) is 0 Å². The van der Waals surface area contributed by atoms with E-state index in [2.05, 4.69) is 0 Å². The van der Waals surface area contributed by atoms with E-state index in [-0.39, 0.29) is 30.6 Å². The molecule has 0 aromatic heterocycles. The number of ketones is 1. The van der Waals surface area contributed by atoms with Crippen LogP contribution in [0.4, 0.5) is 5.69 Å². The van der Waals surface area contributed by atoms with Gasteiger partial charge < -0.3 is 24.4 Å². The van der Waals surface area contributed by atoms with Crippen molar-refractivity contribution in [2.75, 3.05) is 39.3 Å². The number of methoxy groups -OCH3 is 1. The van der Waals surface area contributed by atoms with E-state index in [9.17, 15) is 14.7 Å². The number of benzene rings is 2. The number of carbonyl (C=O) groups is 2. The molecule has 0 spiro atoms. The average molecular weight is 437 g/mol. The quantitative estimate of drug-likeness (QED) is 0.426. The van der Waals surface area contributed by atoms with Gasteiger partial charge in [-0.05, 0) is 48.4 Å². The predicted octanol–water partition coefficient (Wildman–Crippen LogP) is 3.14. The van der Waals surface area contributed by atoms with Gasteiger partial charge in [0, 0.05) is 45.4 Å². The zero-order chi connectivity index (χ0) is 23.0. The van der Waals surface area contributed by atoms with Crippen LogP contribution in [0.1, 0.15) is 29.7 Å². The average Bonchev–Trinajstić information content (AvgIpc) is 3.27. The number of aliphatic hydroxyl groups is 1. The lowest BCUT2D eigenvalue weighted by atomic mass is 9.94. The molecule has 4 rings (SSSR count). The van der Waals surface area contributed by atoms with Crippen LogP contribution < -0.4 is 9.64 Å². The Morgan fingerprint density at radius 2 is 1.91 bits per heavy atom. The van der Waals surface area contributed by atoms with Crippen LogP contribution in [0.2, 0.25) is 0 Å². The molecule has 1 N–H and O–H groups in total. The topological polar surface area (TPSA) is 79.3 Å². The molecule has 0 aliphatic carbocycles. The zero-order valence-corrected chi connectivity index (χ0v) is 18.8. The van der Waals surface area contributed by atoms with E-state index in [1.165, 1.54) is 4.90 Å². The van der Waals surface area contributed by atoms with E-state index in [1.54, 1.807) is 19.2 Å². The summed E-state index contributed by atoms with van der Waals surface area (Å²) < 4.78 is 10.9. The van der Waals surface area contributed by atoms with Gasteiger partial charge in [-0.1, -0.05) is 12.1 Å². The first-order valence-electron chi connectivity index (χ1n) is 10.7. The van der Waals surface area contributed by atoms with Crippen LogP contribution in [0.15, 0.2) is 48.0 Å². The third-order valence-corrected chi connectivity index (χ3v) is 5.97. The van der Waals surface area contributed by atoms with Crippen molar-refractivity contribution in [1.82, 2.24) is 4.90 Å². The summed E-state index contributed by atoms with van der Waals surface area (Å²) in [5, 5.41) is 11.2. The second-order valence-corrected chi connectivity index (χ2v) is 8.43. The number of hydrogen-bond donors (Lipinski definition) is 1. The lowest BCUT2D eigenvalue weighted by Crippen LogP contribution is -2.32.